The normalized spacial score (nSPS) is 11.7. The molecule has 0 aliphatic carbocycles. The first-order chi connectivity index (χ1) is 9.65. The van der Waals surface area contributed by atoms with Crippen molar-refractivity contribution in [2.75, 3.05) is 25.1 Å². The highest BCUT2D eigenvalue weighted by Gasteiger charge is 2.08. The summed E-state index contributed by atoms with van der Waals surface area (Å²) >= 11 is 11.4. The van der Waals surface area contributed by atoms with Crippen molar-refractivity contribution in [2.45, 2.75) is 32.2 Å². The number of nitrogens with one attached hydrogen (secondary N) is 1. The Bertz CT molecular complexity index is 374. The Hall–Kier alpha value is -0.473. The van der Waals surface area contributed by atoms with Crippen LogP contribution in [-0.2, 0) is 9.47 Å². The van der Waals surface area contributed by atoms with Gasteiger partial charge >= 0.3 is 0 Å². The van der Waals surface area contributed by atoms with Crippen LogP contribution in [0.25, 0.3) is 0 Å². The summed E-state index contributed by atoms with van der Waals surface area (Å²) in [4.78, 5) is 11.6. The van der Waals surface area contributed by atoms with E-state index in [2.05, 4.69) is 20.3 Å². The third kappa shape index (κ3) is 7.35. The van der Waals surface area contributed by atoms with Crippen molar-refractivity contribution in [3.05, 3.63) is 10.6 Å². The van der Waals surface area contributed by atoms with Crippen LogP contribution in [0.4, 0.5) is 5.95 Å². The molecule has 0 amide bonds. The Labute approximate surface area is 131 Å². The largest absolute Gasteiger partial charge is 0.357 e. The van der Waals surface area contributed by atoms with Crippen molar-refractivity contribution >= 4 is 38.7 Å². The fourth-order valence-corrected chi connectivity index (χ4v) is 3.67. The molecule has 0 saturated heterocycles. The van der Waals surface area contributed by atoms with Crippen molar-refractivity contribution in [3.8, 4) is 0 Å². The van der Waals surface area contributed by atoms with Gasteiger partial charge in [0.2, 0.25) is 16.5 Å². The second-order valence-electron chi connectivity index (χ2n) is 3.96. The molecule has 20 heavy (non-hydrogen) atoms. The van der Waals surface area contributed by atoms with Crippen LogP contribution >= 0.6 is 23.2 Å². The quantitative estimate of drug-likeness (QED) is 0.399. The summed E-state index contributed by atoms with van der Waals surface area (Å²) in [6.45, 7) is 6.11. The summed E-state index contributed by atoms with van der Waals surface area (Å²) in [5, 5.41) is 3.26. The number of rotatable bonds is 10. The molecule has 0 radical (unpaired) electrons. The number of aromatic nitrogens is 3. The maximum Gasteiger partial charge on any atom is 0.228 e. The minimum atomic E-state index is -0.402. The van der Waals surface area contributed by atoms with E-state index in [1.807, 2.05) is 13.8 Å². The SMILES string of the molecule is CCOC(OCC)[SiH2]CCCNc1nc(Cl)nc(Cl)n1. The van der Waals surface area contributed by atoms with Crippen LogP contribution in [-0.4, -0.2) is 50.1 Å². The standard InChI is InChI=1S/C11H20Cl2N4O2Si/c1-3-18-11(19-4-2)20-7-5-6-14-10-16-8(12)15-9(13)17-10/h11H,3-7,20H2,1-2H3,(H,14,15,16,17). The average molecular weight is 339 g/mol. The minimum Gasteiger partial charge on any atom is -0.357 e. The molecule has 0 aliphatic heterocycles. The molecule has 1 aromatic heterocycles. The lowest BCUT2D eigenvalue weighted by Gasteiger charge is -2.16. The maximum atomic E-state index is 5.69. The van der Waals surface area contributed by atoms with Crippen LogP contribution in [0.5, 0.6) is 0 Å². The first-order valence-corrected chi connectivity index (χ1v) is 9.27. The third-order valence-electron chi connectivity index (χ3n) is 2.44. The first kappa shape index (κ1) is 17.6. The molecule has 6 nitrogen and oxygen atoms in total. The van der Waals surface area contributed by atoms with Gasteiger partial charge in [-0.25, -0.2) is 0 Å². The highest BCUT2D eigenvalue weighted by molar-refractivity contribution is 6.36. The molecule has 114 valence electrons. The highest BCUT2D eigenvalue weighted by atomic mass is 35.5. The Morgan fingerprint density at radius 2 is 1.70 bits per heavy atom. The lowest BCUT2D eigenvalue weighted by Crippen LogP contribution is -2.25. The van der Waals surface area contributed by atoms with Crippen molar-refractivity contribution < 1.29 is 9.47 Å². The Kier molecular flexibility index (Phi) is 9.04. The Morgan fingerprint density at radius 3 is 2.25 bits per heavy atom. The smallest absolute Gasteiger partial charge is 0.228 e. The number of nitrogens with zero attached hydrogens (tertiary/aromatic N) is 3. The van der Waals surface area contributed by atoms with E-state index in [1.165, 1.54) is 0 Å². The van der Waals surface area contributed by atoms with Crippen LogP contribution in [0.1, 0.15) is 20.3 Å². The number of hydrogen-bond donors (Lipinski definition) is 1. The summed E-state index contributed by atoms with van der Waals surface area (Å²) in [6.07, 6.45) is 1.00. The van der Waals surface area contributed by atoms with E-state index in [9.17, 15) is 0 Å². The molecule has 0 atom stereocenters. The molecule has 0 spiro atoms. The van der Waals surface area contributed by atoms with Crippen molar-refractivity contribution in [2.24, 2.45) is 0 Å². The molecule has 1 rings (SSSR count). The van der Waals surface area contributed by atoms with Crippen LogP contribution in [0, 0.1) is 0 Å². The molecule has 1 heterocycles. The van der Waals surface area contributed by atoms with Gasteiger partial charge in [-0.15, -0.1) is 0 Å². The topological polar surface area (TPSA) is 69.2 Å². The van der Waals surface area contributed by atoms with E-state index in [0.29, 0.717) is 19.2 Å². The van der Waals surface area contributed by atoms with Gasteiger partial charge in [-0.3, -0.25) is 0 Å². The minimum absolute atomic E-state index is 0.0195. The predicted molar refractivity (Wildman–Crippen MR) is 83.3 cm³/mol. The van der Waals surface area contributed by atoms with Gasteiger partial charge in [0.1, 0.15) is 5.91 Å². The van der Waals surface area contributed by atoms with Crippen LogP contribution in [0.3, 0.4) is 0 Å². The predicted octanol–water partition coefficient (Wildman–Crippen LogP) is 1.92. The lowest BCUT2D eigenvalue weighted by molar-refractivity contribution is -0.0827. The fraction of sp³-hybridized carbons (Fsp3) is 0.727. The zero-order valence-electron chi connectivity index (χ0n) is 11.7. The van der Waals surface area contributed by atoms with E-state index >= 15 is 0 Å². The molecule has 1 N–H and O–H groups in total. The summed E-state index contributed by atoms with van der Waals surface area (Å²) in [7, 11) is -0.402. The van der Waals surface area contributed by atoms with Gasteiger partial charge in [0, 0.05) is 19.8 Å². The van der Waals surface area contributed by atoms with E-state index < -0.39 is 9.52 Å². The number of ether oxygens (including phenoxy) is 2. The van der Waals surface area contributed by atoms with E-state index in [1.54, 1.807) is 0 Å². The molecule has 0 bridgehead atoms. The first-order valence-electron chi connectivity index (χ1n) is 6.69. The van der Waals surface area contributed by atoms with Crippen molar-refractivity contribution in [1.82, 2.24) is 15.0 Å². The van der Waals surface area contributed by atoms with Crippen LogP contribution in [0.15, 0.2) is 0 Å². The third-order valence-corrected chi connectivity index (χ3v) is 4.62. The molecule has 0 aromatic carbocycles. The van der Waals surface area contributed by atoms with E-state index in [4.69, 9.17) is 32.7 Å². The van der Waals surface area contributed by atoms with Crippen LogP contribution in [0.2, 0.25) is 16.6 Å². The average Bonchev–Trinajstić information content (AvgIpc) is 2.37. The highest BCUT2D eigenvalue weighted by Crippen LogP contribution is 2.09. The molecule has 0 unspecified atom stereocenters. The molecule has 0 saturated carbocycles. The van der Waals surface area contributed by atoms with E-state index in [0.717, 1.165) is 19.0 Å². The second-order valence-corrected chi connectivity index (χ2v) is 6.59. The fourth-order valence-electron chi connectivity index (χ4n) is 1.63. The molecule has 0 fully saturated rings. The van der Waals surface area contributed by atoms with Gasteiger partial charge < -0.3 is 14.8 Å². The zero-order valence-corrected chi connectivity index (χ0v) is 14.7. The summed E-state index contributed by atoms with van der Waals surface area (Å²) in [5.41, 5.74) is 0. The van der Waals surface area contributed by atoms with Gasteiger partial charge in [-0.1, -0.05) is 6.04 Å². The Balaban J connectivity index is 2.20. The summed E-state index contributed by atoms with van der Waals surface area (Å²) in [6, 6.07) is 1.12. The molecule has 0 aliphatic rings. The van der Waals surface area contributed by atoms with Gasteiger partial charge in [0.25, 0.3) is 0 Å². The zero-order chi connectivity index (χ0) is 14.8. The van der Waals surface area contributed by atoms with Gasteiger partial charge in [0.15, 0.2) is 0 Å². The lowest BCUT2D eigenvalue weighted by atomic mass is 10.5. The summed E-state index contributed by atoms with van der Waals surface area (Å²) < 4.78 is 11.1. The second kappa shape index (κ2) is 10.3. The molecule has 9 heteroatoms. The van der Waals surface area contributed by atoms with Gasteiger partial charge in [-0.05, 0) is 43.5 Å². The molecular formula is C11H20Cl2N4O2Si. The van der Waals surface area contributed by atoms with Crippen LogP contribution < -0.4 is 5.32 Å². The van der Waals surface area contributed by atoms with Crippen molar-refractivity contribution in [1.29, 1.82) is 0 Å². The Morgan fingerprint density at radius 1 is 1.10 bits per heavy atom. The van der Waals surface area contributed by atoms with Crippen molar-refractivity contribution in [3.63, 3.8) is 0 Å². The summed E-state index contributed by atoms with van der Waals surface area (Å²) in [5.74, 6) is 0.425. The van der Waals surface area contributed by atoms with Gasteiger partial charge in [0.05, 0.1) is 9.52 Å². The molecular weight excluding hydrogens is 319 g/mol. The monoisotopic (exact) mass is 338 g/mol. The van der Waals surface area contributed by atoms with Gasteiger partial charge in [-0.2, -0.15) is 15.0 Å². The number of anilines is 1. The molecule has 1 aromatic rings. The number of hydrogen-bond acceptors (Lipinski definition) is 6. The maximum absolute atomic E-state index is 5.69. The number of halogens is 2. The van der Waals surface area contributed by atoms with E-state index in [-0.39, 0.29) is 16.5 Å².